The average molecular weight is 603 g/mol. The summed E-state index contributed by atoms with van der Waals surface area (Å²) in [6, 6.07) is 9.16. The van der Waals surface area contributed by atoms with Crippen molar-refractivity contribution in [3.63, 3.8) is 0 Å². The number of benzene rings is 2. The van der Waals surface area contributed by atoms with Crippen LogP contribution in [0.2, 0.25) is 0 Å². The number of nitrogens with one attached hydrogen (secondary N) is 1. The quantitative estimate of drug-likeness (QED) is 0.273. The highest BCUT2D eigenvalue weighted by Gasteiger charge is 2.57. The van der Waals surface area contributed by atoms with Crippen molar-refractivity contribution in [2.24, 2.45) is 5.73 Å². The maximum Gasteiger partial charge on any atom is 0.424 e. The third-order valence-electron chi connectivity index (χ3n) is 7.36. The molecule has 2 amide bonds. The summed E-state index contributed by atoms with van der Waals surface area (Å²) in [6.07, 6.45) is -3.93. The highest BCUT2D eigenvalue weighted by atomic mass is 19.4. The number of hydrogen-bond acceptors (Lipinski definition) is 7. The van der Waals surface area contributed by atoms with Gasteiger partial charge in [0.2, 0.25) is 11.5 Å². The van der Waals surface area contributed by atoms with E-state index in [9.17, 15) is 36.6 Å². The van der Waals surface area contributed by atoms with Crippen LogP contribution in [-0.2, 0) is 15.8 Å². The van der Waals surface area contributed by atoms with E-state index in [2.05, 4.69) is 15.3 Å². The first-order valence-corrected chi connectivity index (χ1v) is 12.6. The fraction of sp³-hybridized carbons (Fsp3) is 0.241. The molecule has 0 radical (unpaired) electrons. The van der Waals surface area contributed by atoms with E-state index in [1.54, 1.807) is 12.1 Å². The maximum absolute atomic E-state index is 14.6. The number of halogens is 5. The van der Waals surface area contributed by atoms with Crippen molar-refractivity contribution in [1.82, 2.24) is 15.3 Å². The lowest BCUT2D eigenvalue weighted by molar-refractivity contribution is -0.265. The monoisotopic (exact) mass is 602 g/mol. The molecule has 5 rings (SSSR count). The molecule has 1 aliphatic rings. The number of nitrogens with zero attached hydrogens (tertiary/aromatic N) is 2. The van der Waals surface area contributed by atoms with Crippen LogP contribution in [0.25, 0.3) is 22.2 Å². The standard InChI is InChI=1S/C29H23F5N4O5/c1-27(26(35)40)13-43-24-17(27)11-21(38-23(24)15-5-6-18(30)19(31)9-15)28(41,29(32,33)34)12-37-25(39)16-8-14-4-3-7-36-22(14)20(10-16)42-2/h3-11,41H,12-13H2,1-2H3,(H2,35,40)(H,37,39)/t27-,28-/m0/s1. The summed E-state index contributed by atoms with van der Waals surface area (Å²) in [4.78, 5) is 33.5. The summed E-state index contributed by atoms with van der Waals surface area (Å²) in [6.45, 7) is -0.491. The van der Waals surface area contributed by atoms with Gasteiger partial charge in [-0.3, -0.25) is 14.6 Å². The van der Waals surface area contributed by atoms with Crippen molar-refractivity contribution in [2.75, 3.05) is 20.3 Å². The van der Waals surface area contributed by atoms with Gasteiger partial charge in [-0.1, -0.05) is 6.07 Å². The minimum Gasteiger partial charge on any atom is -0.494 e. The number of carbonyl (C=O) groups excluding carboxylic acids is 2. The van der Waals surface area contributed by atoms with Crippen molar-refractivity contribution in [2.45, 2.75) is 24.1 Å². The van der Waals surface area contributed by atoms with Crippen LogP contribution in [0, 0.1) is 11.6 Å². The second-order valence-electron chi connectivity index (χ2n) is 10.1. The van der Waals surface area contributed by atoms with E-state index in [0.29, 0.717) is 17.0 Å². The fourth-order valence-electron chi connectivity index (χ4n) is 4.73. The molecule has 9 nitrogen and oxygen atoms in total. The molecule has 1 aliphatic heterocycles. The molecule has 0 aliphatic carbocycles. The summed E-state index contributed by atoms with van der Waals surface area (Å²) in [5, 5.41) is 13.7. The number of aliphatic hydroxyl groups is 1. The third-order valence-corrected chi connectivity index (χ3v) is 7.36. The predicted molar refractivity (Wildman–Crippen MR) is 142 cm³/mol. The second kappa shape index (κ2) is 10.5. The fourth-order valence-corrected chi connectivity index (χ4v) is 4.73. The van der Waals surface area contributed by atoms with Crippen LogP contribution < -0.4 is 20.5 Å². The van der Waals surface area contributed by atoms with E-state index in [1.807, 2.05) is 0 Å². The smallest absolute Gasteiger partial charge is 0.424 e. The number of primary amides is 1. The zero-order valence-corrected chi connectivity index (χ0v) is 22.6. The van der Waals surface area contributed by atoms with Crippen LogP contribution >= 0.6 is 0 Å². The molecule has 4 aromatic rings. The molecule has 0 saturated carbocycles. The van der Waals surface area contributed by atoms with Crippen LogP contribution in [0.5, 0.6) is 11.5 Å². The summed E-state index contributed by atoms with van der Waals surface area (Å²) >= 11 is 0. The number of pyridine rings is 2. The van der Waals surface area contributed by atoms with Gasteiger partial charge in [0.15, 0.2) is 11.6 Å². The van der Waals surface area contributed by atoms with E-state index in [1.165, 1.54) is 32.4 Å². The van der Waals surface area contributed by atoms with Gasteiger partial charge >= 0.3 is 6.18 Å². The van der Waals surface area contributed by atoms with Gasteiger partial charge in [-0.25, -0.2) is 13.8 Å². The zero-order valence-electron chi connectivity index (χ0n) is 22.6. The van der Waals surface area contributed by atoms with Crippen molar-refractivity contribution in [3.8, 4) is 22.8 Å². The SMILES string of the molecule is COc1cc(C(=O)NC[C@](O)(c2cc3c(c(-c4ccc(F)c(F)c4)n2)OC[C@]3(C)C(N)=O)C(F)(F)F)cc2cccnc12. The molecular weight excluding hydrogens is 579 g/mol. The Bertz CT molecular complexity index is 1780. The Morgan fingerprint density at radius 3 is 2.53 bits per heavy atom. The number of alkyl halides is 3. The summed E-state index contributed by atoms with van der Waals surface area (Å²) < 4.78 is 82.5. The molecule has 14 heteroatoms. The summed E-state index contributed by atoms with van der Waals surface area (Å²) in [7, 11) is 1.33. The first-order valence-electron chi connectivity index (χ1n) is 12.6. The van der Waals surface area contributed by atoms with Crippen LogP contribution in [0.3, 0.4) is 0 Å². The number of amides is 2. The number of rotatable bonds is 7. The van der Waals surface area contributed by atoms with Crippen molar-refractivity contribution >= 4 is 22.7 Å². The first kappa shape index (κ1) is 29.6. The highest BCUT2D eigenvalue weighted by Crippen LogP contribution is 2.47. The molecule has 224 valence electrons. The summed E-state index contributed by atoms with van der Waals surface area (Å²) in [5.41, 5.74) is -1.42. The van der Waals surface area contributed by atoms with Gasteiger partial charge < -0.3 is 25.6 Å². The van der Waals surface area contributed by atoms with E-state index in [-0.39, 0.29) is 34.8 Å². The molecule has 0 unspecified atom stereocenters. The van der Waals surface area contributed by atoms with Crippen molar-refractivity contribution in [1.29, 1.82) is 0 Å². The number of ether oxygens (including phenoxy) is 2. The minimum absolute atomic E-state index is 0.0824. The number of fused-ring (bicyclic) bond motifs is 2. The topological polar surface area (TPSA) is 137 Å². The van der Waals surface area contributed by atoms with Gasteiger partial charge in [0, 0.05) is 28.3 Å². The zero-order chi connectivity index (χ0) is 31.3. The normalized spacial score (nSPS) is 17.6. The van der Waals surface area contributed by atoms with Gasteiger partial charge in [-0.15, -0.1) is 0 Å². The van der Waals surface area contributed by atoms with Crippen molar-refractivity contribution < 1.29 is 46.1 Å². The van der Waals surface area contributed by atoms with Crippen molar-refractivity contribution in [3.05, 3.63) is 83.2 Å². The minimum atomic E-state index is -5.43. The summed E-state index contributed by atoms with van der Waals surface area (Å²) in [5.74, 6) is -4.50. The molecule has 0 saturated heterocycles. The van der Waals surface area contributed by atoms with E-state index < -0.39 is 58.6 Å². The Kier molecular flexibility index (Phi) is 7.20. The second-order valence-corrected chi connectivity index (χ2v) is 10.1. The van der Waals surface area contributed by atoms with Crippen LogP contribution in [-0.4, -0.2) is 53.3 Å². The lowest BCUT2D eigenvalue weighted by Crippen LogP contribution is -2.51. The predicted octanol–water partition coefficient (Wildman–Crippen LogP) is 3.90. The van der Waals surface area contributed by atoms with Gasteiger partial charge in [0.05, 0.1) is 19.3 Å². The van der Waals surface area contributed by atoms with Crippen LogP contribution in [0.4, 0.5) is 22.0 Å². The van der Waals surface area contributed by atoms with Gasteiger partial charge in [0.1, 0.15) is 34.7 Å². The number of methoxy groups -OCH3 is 1. The Morgan fingerprint density at radius 1 is 1.14 bits per heavy atom. The number of nitrogens with two attached hydrogens (primary N) is 1. The largest absolute Gasteiger partial charge is 0.494 e. The van der Waals surface area contributed by atoms with E-state index >= 15 is 0 Å². The Hall–Kier alpha value is -4.85. The molecule has 43 heavy (non-hydrogen) atoms. The van der Waals surface area contributed by atoms with Gasteiger partial charge in [-0.2, -0.15) is 13.2 Å². The third kappa shape index (κ3) is 4.96. The molecule has 2 aromatic carbocycles. The molecule has 0 spiro atoms. The molecule has 3 heterocycles. The number of aromatic nitrogens is 2. The lowest BCUT2D eigenvalue weighted by Gasteiger charge is -2.31. The Labute approximate surface area is 240 Å². The van der Waals surface area contributed by atoms with Crippen LogP contribution in [0.1, 0.15) is 28.5 Å². The Morgan fingerprint density at radius 2 is 1.88 bits per heavy atom. The van der Waals surface area contributed by atoms with Crippen LogP contribution in [0.15, 0.2) is 54.7 Å². The van der Waals surface area contributed by atoms with E-state index in [4.69, 9.17) is 15.2 Å². The van der Waals surface area contributed by atoms with Gasteiger partial charge in [0.25, 0.3) is 5.91 Å². The molecule has 0 fully saturated rings. The first-order chi connectivity index (χ1) is 20.2. The molecular formula is C29H23F5N4O5. The van der Waals surface area contributed by atoms with E-state index in [0.717, 1.165) is 18.2 Å². The molecule has 2 aromatic heterocycles. The molecule has 4 N–H and O–H groups in total. The lowest BCUT2D eigenvalue weighted by atomic mass is 9.81. The molecule has 2 atom stereocenters. The number of carbonyl (C=O) groups is 2. The maximum atomic E-state index is 14.6. The van der Waals surface area contributed by atoms with Gasteiger partial charge in [-0.05, 0) is 49.4 Å². The highest BCUT2D eigenvalue weighted by molar-refractivity contribution is 6.00. The average Bonchev–Trinajstić information content (AvgIpc) is 3.33. The molecule has 0 bridgehead atoms. The number of hydrogen-bond donors (Lipinski definition) is 3. The Balaban J connectivity index is 1.61.